The number of aromatic nitrogens is 1. The van der Waals surface area contributed by atoms with Gasteiger partial charge in [0.15, 0.2) is 27.8 Å². The van der Waals surface area contributed by atoms with Crippen molar-refractivity contribution in [1.82, 2.24) is 4.57 Å². The number of rotatable bonds is 6. The predicted molar refractivity (Wildman–Crippen MR) is 145 cm³/mol. The Morgan fingerprint density at radius 2 is 2.03 bits per heavy atom. The molecule has 3 heterocycles. The molecule has 1 atom stereocenters. The summed E-state index contributed by atoms with van der Waals surface area (Å²) >= 11 is 3.24. The second-order valence-electron chi connectivity index (χ2n) is 8.20. The molecule has 0 unspecified atom stereocenters. The molecule has 192 valence electrons. The van der Waals surface area contributed by atoms with E-state index < -0.39 is 12.0 Å². The molecular formula is C26H23IN2O7S. The molecule has 2 aromatic carbocycles. The van der Waals surface area contributed by atoms with Crippen molar-refractivity contribution < 1.29 is 28.8 Å². The Kier molecular flexibility index (Phi) is 6.99. The summed E-state index contributed by atoms with van der Waals surface area (Å²) in [4.78, 5) is 31.9. The van der Waals surface area contributed by atoms with Crippen LogP contribution in [-0.2, 0) is 9.53 Å². The highest BCUT2D eigenvalue weighted by atomic mass is 127. The van der Waals surface area contributed by atoms with Gasteiger partial charge < -0.3 is 24.1 Å². The number of carbonyl (C=O) groups is 1. The maximum Gasteiger partial charge on any atom is 0.338 e. The van der Waals surface area contributed by atoms with Crippen LogP contribution >= 0.6 is 33.9 Å². The molecule has 0 fully saturated rings. The highest BCUT2D eigenvalue weighted by molar-refractivity contribution is 14.1. The van der Waals surface area contributed by atoms with Gasteiger partial charge in [-0.2, -0.15) is 0 Å². The molecule has 0 aliphatic carbocycles. The van der Waals surface area contributed by atoms with Crippen LogP contribution < -0.4 is 29.1 Å². The smallest absolute Gasteiger partial charge is 0.338 e. The molecule has 11 heteroatoms. The monoisotopic (exact) mass is 634 g/mol. The van der Waals surface area contributed by atoms with Crippen LogP contribution in [0.4, 0.5) is 0 Å². The summed E-state index contributed by atoms with van der Waals surface area (Å²) in [6, 6.07) is 8.04. The Bertz CT molecular complexity index is 1620. The van der Waals surface area contributed by atoms with Crippen molar-refractivity contribution in [2.75, 3.05) is 20.0 Å². The summed E-state index contributed by atoms with van der Waals surface area (Å²) in [7, 11) is 0. The highest BCUT2D eigenvalue weighted by Gasteiger charge is 2.34. The second-order valence-corrected chi connectivity index (χ2v) is 10.4. The first-order chi connectivity index (χ1) is 17.8. The van der Waals surface area contributed by atoms with Gasteiger partial charge in [-0.25, -0.2) is 9.79 Å². The van der Waals surface area contributed by atoms with Gasteiger partial charge in [0, 0.05) is 0 Å². The van der Waals surface area contributed by atoms with Gasteiger partial charge in [0.05, 0.1) is 38.6 Å². The number of phenols is 1. The van der Waals surface area contributed by atoms with Gasteiger partial charge in [-0.05, 0) is 84.8 Å². The first kappa shape index (κ1) is 25.3. The van der Waals surface area contributed by atoms with Crippen LogP contribution in [0, 0.1) is 3.57 Å². The minimum atomic E-state index is -0.758. The number of hydrogen-bond acceptors (Lipinski definition) is 9. The highest BCUT2D eigenvalue weighted by Crippen LogP contribution is 2.38. The third-order valence-corrected chi connectivity index (χ3v) is 7.68. The molecule has 0 bridgehead atoms. The lowest BCUT2D eigenvalue weighted by molar-refractivity contribution is -0.139. The van der Waals surface area contributed by atoms with Gasteiger partial charge in [0.25, 0.3) is 5.56 Å². The van der Waals surface area contributed by atoms with Gasteiger partial charge >= 0.3 is 5.97 Å². The van der Waals surface area contributed by atoms with Crippen molar-refractivity contribution in [2.24, 2.45) is 4.99 Å². The predicted octanol–water partition coefficient (Wildman–Crippen LogP) is 3.24. The van der Waals surface area contributed by atoms with Crippen LogP contribution in [0.3, 0.4) is 0 Å². The van der Waals surface area contributed by atoms with Gasteiger partial charge in [0.2, 0.25) is 6.79 Å². The zero-order chi connectivity index (χ0) is 26.3. The van der Waals surface area contributed by atoms with E-state index in [1.165, 1.54) is 15.9 Å². The maximum absolute atomic E-state index is 13.8. The molecule has 1 N–H and O–H groups in total. The molecule has 2 aliphatic heterocycles. The molecule has 0 spiro atoms. The van der Waals surface area contributed by atoms with Crippen molar-refractivity contribution in [3.8, 4) is 23.0 Å². The normalized spacial score (nSPS) is 16.4. The molecule has 0 saturated heterocycles. The number of phenolic OH excluding ortho intramolecular Hbond substituents is 1. The minimum absolute atomic E-state index is 0.0542. The first-order valence-corrected chi connectivity index (χ1v) is 13.5. The lowest BCUT2D eigenvalue weighted by atomic mass is 9.95. The third-order valence-electron chi connectivity index (χ3n) is 5.88. The number of ether oxygens (including phenoxy) is 4. The lowest BCUT2D eigenvalue weighted by Crippen LogP contribution is -2.39. The van der Waals surface area contributed by atoms with E-state index in [1.807, 2.05) is 35.6 Å². The standard InChI is InChI=1S/C26H23IN2O7S/c1-4-33-19-9-14(8-16(27)23(19)30)10-20-24(31)29-22(15-6-7-17-18(11-15)36-12-35-17)21(25(32)34-5-2)13(3)28-26(29)37-20/h6-11,22,30H,4-5,12H2,1-3H3/t22-/m1/s1. The summed E-state index contributed by atoms with van der Waals surface area (Å²) in [6.45, 7) is 5.98. The molecule has 5 rings (SSSR count). The Balaban J connectivity index is 1.70. The van der Waals surface area contributed by atoms with Crippen LogP contribution in [0.2, 0.25) is 0 Å². The SMILES string of the molecule is CCOC(=O)C1=C(C)N=c2sc(=Cc3cc(I)c(O)c(OCC)c3)c(=O)n2[C@@H]1c1ccc2c(c1)OCO2. The van der Waals surface area contributed by atoms with Gasteiger partial charge in [0.1, 0.15) is 0 Å². The zero-order valence-electron chi connectivity index (χ0n) is 20.2. The molecule has 3 aromatic rings. The van der Waals surface area contributed by atoms with Gasteiger partial charge in [-0.15, -0.1) is 0 Å². The van der Waals surface area contributed by atoms with E-state index >= 15 is 0 Å². The number of thiazole rings is 1. The number of fused-ring (bicyclic) bond motifs is 2. The van der Waals surface area contributed by atoms with E-state index in [1.54, 1.807) is 44.2 Å². The number of esters is 1. The maximum atomic E-state index is 13.8. The van der Waals surface area contributed by atoms with E-state index in [2.05, 4.69) is 4.99 Å². The Morgan fingerprint density at radius 1 is 1.24 bits per heavy atom. The summed E-state index contributed by atoms with van der Waals surface area (Å²) < 4.78 is 24.4. The van der Waals surface area contributed by atoms with E-state index in [4.69, 9.17) is 18.9 Å². The van der Waals surface area contributed by atoms with E-state index in [-0.39, 0.29) is 30.3 Å². The molecule has 0 saturated carbocycles. The average molecular weight is 634 g/mol. The van der Waals surface area contributed by atoms with Crippen LogP contribution in [0.15, 0.2) is 51.4 Å². The second kappa shape index (κ2) is 10.2. The van der Waals surface area contributed by atoms with E-state index in [9.17, 15) is 14.7 Å². The van der Waals surface area contributed by atoms with Crippen molar-refractivity contribution in [2.45, 2.75) is 26.8 Å². The summed E-state index contributed by atoms with van der Waals surface area (Å²) in [5.41, 5.74) is 1.83. The number of benzene rings is 2. The Labute approximate surface area is 229 Å². The van der Waals surface area contributed by atoms with Crippen LogP contribution in [0.5, 0.6) is 23.0 Å². The first-order valence-electron chi connectivity index (χ1n) is 11.6. The third kappa shape index (κ3) is 4.61. The van der Waals surface area contributed by atoms with Crippen LogP contribution in [-0.4, -0.2) is 35.6 Å². The van der Waals surface area contributed by atoms with Crippen molar-refractivity contribution in [3.63, 3.8) is 0 Å². The van der Waals surface area contributed by atoms with Crippen molar-refractivity contribution >= 4 is 46.0 Å². The molecule has 0 amide bonds. The number of hydrogen-bond donors (Lipinski definition) is 1. The summed E-state index contributed by atoms with van der Waals surface area (Å²) in [5.74, 6) is 1.00. The fraction of sp³-hybridized carbons (Fsp3) is 0.269. The van der Waals surface area contributed by atoms with Gasteiger partial charge in [-0.3, -0.25) is 9.36 Å². The largest absolute Gasteiger partial charge is 0.504 e. The van der Waals surface area contributed by atoms with Gasteiger partial charge in [-0.1, -0.05) is 17.4 Å². The topological polar surface area (TPSA) is 109 Å². The fourth-order valence-corrected chi connectivity index (χ4v) is 5.96. The fourth-order valence-electron chi connectivity index (χ4n) is 4.28. The molecule has 0 radical (unpaired) electrons. The number of aromatic hydroxyl groups is 1. The summed E-state index contributed by atoms with van der Waals surface area (Å²) in [5, 5.41) is 10.3. The molecule has 2 aliphatic rings. The number of carbonyl (C=O) groups excluding carboxylic acids is 1. The summed E-state index contributed by atoms with van der Waals surface area (Å²) in [6.07, 6.45) is 1.73. The van der Waals surface area contributed by atoms with Crippen LogP contribution in [0.25, 0.3) is 6.08 Å². The van der Waals surface area contributed by atoms with Crippen molar-refractivity contribution in [1.29, 1.82) is 0 Å². The van der Waals surface area contributed by atoms with Crippen LogP contribution in [0.1, 0.15) is 37.9 Å². The quantitative estimate of drug-likeness (QED) is 0.328. The van der Waals surface area contributed by atoms with Crippen molar-refractivity contribution in [3.05, 3.63) is 76.0 Å². The average Bonchev–Trinajstić information content (AvgIpc) is 3.45. The number of nitrogens with zero attached hydrogens (tertiary/aromatic N) is 2. The van der Waals surface area contributed by atoms with E-state index in [0.717, 1.165) is 0 Å². The Hall–Kier alpha value is -3.32. The Morgan fingerprint density at radius 3 is 2.78 bits per heavy atom. The molecule has 37 heavy (non-hydrogen) atoms. The zero-order valence-corrected chi connectivity index (χ0v) is 23.2. The van der Waals surface area contributed by atoms with E-state index in [0.29, 0.717) is 53.6 Å². The molecule has 9 nitrogen and oxygen atoms in total. The molecule has 1 aromatic heterocycles. The number of halogens is 1. The lowest BCUT2D eigenvalue weighted by Gasteiger charge is -2.24. The minimum Gasteiger partial charge on any atom is -0.504 e. The molecular weight excluding hydrogens is 611 g/mol. The number of allylic oxidation sites excluding steroid dienone is 1.